The van der Waals surface area contributed by atoms with Crippen LogP contribution in [0, 0.1) is 16.0 Å². The molecule has 1 aromatic carbocycles. The van der Waals surface area contributed by atoms with Gasteiger partial charge in [-0.05, 0) is 39.3 Å². The van der Waals surface area contributed by atoms with Gasteiger partial charge in [-0.1, -0.05) is 0 Å². The second kappa shape index (κ2) is 7.26. The zero-order valence-corrected chi connectivity index (χ0v) is 12.5. The Labute approximate surface area is 124 Å². The van der Waals surface area contributed by atoms with Crippen LogP contribution in [-0.4, -0.2) is 30.7 Å². The quantitative estimate of drug-likeness (QED) is 0.645. The van der Waals surface area contributed by atoms with E-state index >= 15 is 0 Å². The molecule has 1 aliphatic heterocycles. The first-order valence-corrected chi connectivity index (χ1v) is 7.35. The molecule has 6 nitrogen and oxygen atoms in total. The first-order valence-electron chi connectivity index (χ1n) is 7.35. The number of rotatable bonds is 6. The molecule has 0 bridgehead atoms. The summed E-state index contributed by atoms with van der Waals surface area (Å²) in [5.74, 6) is 1.36. The van der Waals surface area contributed by atoms with Crippen molar-refractivity contribution in [1.29, 1.82) is 0 Å². The lowest BCUT2D eigenvalue weighted by Crippen LogP contribution is -2.33. The number of benzene rings is 1. The van der Waals surface area contributed by atoms with Crippen molar-refractivity contribution in [3.05, 3.63) is 28.3 Å². The molecule has 0 aliphatic carbocycles. The molecule has 1 N–H and O–H groups in total. The molecule has 0 radical (unpaired) electrons. The maximum Gasteiger partial charge on any atom is 0.311 e. The van der Waals surface area contributed by atoms with Crippen molar-refractivity contribution in [2.24, 2.45) is 5.92 Å². The Morgan fingerprint density at radius 2 is 2.29 bits per heavy atom. The van der Waals surface area contributed by atoms with Crippen LogP contribution >= 0.6 is 0 Å². The van der Waals surface area contributed by atoms with Crippen molar-refractivity contribution in [3.63, 3.8) is 0 Å². The van der Waals surface area contributed by atoms with Gasteiger partial charge in [0.2, 0.25) is 5.75 Å². The highest BCUT2D eigenvalue weighted by molar-refractivity contribution is 5.50. The van der Waals surface area contributed by atoms with Gasteiger partial charge in [-0.2, -0.15) is 0 Å². The van der Waals surface area contributed by atoms with E-state index in [4.69, 9.17) is 9.47 Å². The topological polar surface area (TPSA) is 73.6 Å². The van der Waals surface area contributed by atoms with Crippen molar-refractivity contribution in [1.82, 2.24) is 5.32 Å². The van der Waals surface area contributed by atoms with Crippen LogP contribution in [0.5, 0.6) is 11.5 Å². The molecule has 116 valence electrons. The molecule has 0 amide bonds. The Balaban J connectivity index is 2.03. The number of piperidine rings is 1. The van der Waals surface area contributed by atoms with E-state index in [9.17, 15) is 10.1 Å². The molecular formula is C15H22N2O4. The van der Waals surface area contributed by atoms with Crippen LogP contribution in [0.4, 0.5) is 5.69 Å². The fourth-order valence-electron chi connectivity index (χ4n) is 2.36. The lowest BCUT2D eigenvalue weighted by Gasteiger charge is -2.22. The lowest BCUT2D eigenvalue weighted by molar-refractivity contribution is -0.386. The Bertz CT molecular complexity index is 485. The second-order valence-corrected chi connectivity index (χ2v) is 5.58. The normalized spacial score (nSPS) is 18.5. The highest BCUT2D eigenvalue weighted by Crippen LogP contribution is 2.32. The van der Waals surface area contributed by atoms with Gasteiger partial charge in [-0.25, -0.2) is 0 Å². The van der Waals surface area contributed by atoms with Gasteiger partial charge in [-0.15, -0.1) is 0 Å². The van der Waals surface area contributed by atoms with Gasteiger partial charge in [0.1, 0.15) is 5.75 Å². The summed E-state index contributed by atoms with van der Waals surface area (Å²) in [5, 5.41) is 14.3. The molecular weight excluding hydrogens is 272 g/mol. The van der Waals surface area contributed by atoms with Gasteiger partial charge in [0.25, 0.3) is 0 Å². The van der Waals surface area contributed by atoms with Gasteiger partial charge in [0.05, 0.1) is 17.6 Å². The maximum absolute atomic E-state index is 11.0. The number of nitro benzene ring substituents is 1. The molecule has 0 aromatic heterocycles. The summed E-state index contributed by atoms with van der Waals surface area (Å²) in [6, 6.07) is 4.67. The predicted molar refractivity (Wildman–Crippen MR) is 79.9 cm³/mol. The van der Waals surface area contributed by atoms with Crippen molar-refractivity contribution >= 4 is 5.69 Å². The average Bonchev–Trinajstić information content (AvgIpc) is 2.45. The molecule has 1 heterocycles. The van der Waals surface area contributed by atoms with Crippen molar-refractivity contribution < 1.29 is 14.4 Å². The fraction of sp³-hybridized carbons (Fsp3) is 0.600. The van der Waals surface area contributed by atoms with Crippen LogP contribution < -0.4 is 14.8 Å². The molecule has 1 fully saturated rings. The average molecular weight is 294 g/mol. The highest BCUT2D eigenvalue weighted by atomic mass is 16.6. The van der Waals surface area contributed by atoms with E-state index in [1.54, 1.807) is 12.1 Å². The number of nitro groups is 1. The molecule has 1 aromatic rings. The maximum atomic E-state index is 11.0. The Morgan fingerprint density at radius 3 is 2.90 bits per heavy atom. The standard InChI is InChI=1S/C15H22N2O4/c1-11(2)21-15-8-13(5-6-14(15)17(18)19)20-10-12-4-3-7-16-9-12/h5-6,8,11-12,16H,3-4,7,9-10H2,1-2H3. The van der Waals surface area contributed by atoms with Gasteiger partial charge >= 0.3 is 5.69 Å². The predicted octanol–water partition coefficient (Wildman–Crippen LogP) is 2.76. The molecule has 1 atom stereocenters. The summed E-state index contributed by atoms with van der Waals surface area (Å²) in [6.45, 7) is 6.32. The monoisotopic (exact) mass is 294 g/mol. The minimum atomic E-state index is -0.438. The molecule has 21 heavy (non-hydrogen) atoms. The first kappa shape index (κ1) is 15.6. The Hall–Kier alpha value is -1.82. The third-order valence-electron chi connectivity index (χ3n) is 3.38. The largest absolute Gasteiger partial charge is 0.493 e. The summed E-state index contributed by atoms with van der Waals surface area (Å²) < 4.78 is 11.3. The molecule has 2 rings (SSSR count). The molecule has 1 aliphatic rings. The van der Waals surface area contributed by atoms with E-state index in [-0.39, 0.29) is 17.5 Å². The molecule has 0 saturated carbocycles. The van der Waals surface area contributed by atoms with Crippen LogP contribution in [0.25, 0.3) is 0 Å². The number of hydrogen-bond acceptors (Lipinski definition) is 5. The van der Waals surface area contributed by atoms with Crippen LogP contribution in [0.1, 0.15) is 26.7 Å². The zero-order chi connectivity index (χ0) is 15.2. The summed E-state index contributed by atoms with van der Waals surface area (Å²) >= 11 is 0. The van der Waals surface area contributed by atoms with Gasteiger partial charge in [-0.3, -0.25) is 10.1 Å². The Morgan fingerprint density at radius 1 is 1.48 bits per heavy atom. The fourth-order valence-corrected chi connectivity index (χ4v) is 2.36. The molecule has 1 saturated heterocycles. The van der Waals surface area contributed by atoms with Crippen molar-refractivity contribution in [2.75, 3.05) is 19.7 Å². The summed E-state index contributed by atoms with van der Waals surface area (Å²) in [7, 11) is 0. The number of nitrogens with one attached hydrogen (secondary N) is 1. The lowest BCUT2D eigenvalue weighted by atomic mass is 10.0. The van der Waals surface area contributed by atoms with Gasteiger partial charge < -0.3 is 14.8 Å². The van der Waals surface area contributed by atoms with E-state index in [0.29, 0.717) is 18.3 Å². The molecule has 1 unspecified atom stereocenters. The van der Waals surface area contributed by atoms with E-state index in [2.05, 4.69) is 5.32 Å². The summed E-state index contributed by atoms with van der Waals surface area (Å²) in [6.07, 6.45) is 2.19. The van der Waals surface area contributed by atoms with E-state index in [1.807, 2.05) is 13.8 Å². The summed E-state index contributed by atoms with van der Waals surface area (Å²) in [5.41, 5.74) is -0.0321. The third-order valence-corrected chi connectivity index (χ3v) is 3.38. The van der Waals surface area contributed by atoms with Gasteiger partial charge in [0, 0.05) is 24.6 Å². The molecule has 6 heteroatoms. The second-order valence-electron chi connectivity index (χ2n) is 5.58. The smallest absolute Gasteiger partial charge is 0.311 e. The third kappa shape index (κ3) is 4.60. The minimum Gasteiger partial charge on any atom is -0.493 e. The summed E-state index contributed by atoms with van der Waals surface area (Å²) in [4.78, 5) is 10.6. The van der Waals surface area contributed by atoms with Crippen LogP contribution in [0.3, 0.4) is 0 Å². The van der Waals surface area contributed by atoms with Gasteiger partial charge in [0.15, 0.2) is 0 Å². The van der Waals surface area contributed by atoms with Crippen LogP contribution in [0.15, 0.2) is 18.2 Å². The van der Waals surface area contributed by atoms with E-state index < -0.39 is 4.92 Å². The minimum absolute atomic E-state index is 0.0321. The first-order chi connectivity index (χ1) is 10.1. The Kier molecular flexibility index (Phi) is 5.38. The van der Waals surface area contributed by atoms with Crippen molar-refractivity contribution in [2.45, 2.75) is 32.8 Å². The van der Waals surface area contributed by atoms with E-state index in [1.165, 1.54) is 6.07 Å². The van der Waals surface area contributed by atoms with E-state index in [0.717, 1.165) is 25.9 Å². The number of hydrogen-bond donors (Lipinski definition) is 1. The number of nitrogens with zero attached hydrogens (tertiary/aromatic N) is 1. The van der Waals surface area contributed by atoms with Crippen LogP contribution in [-0.2, 0) is 0 Å². The zero-order valence-electron chi connectivity index (χ0n) is 12.5. The highest BCUT2D eigenvalue weighted by Gasteiger charge is 2.18. The number of ether oxygens (including phenoxy) is 2. The van der Waals surface area contributed by atoms with Crippen molar-refractivity contribution in [3.8, 4) is 11.5 Å². The molecule has 0 spiro atoms. The van der Waals surface area contributed by atoms with Crippen LogP contribution in [0.2, 0.25) is 0 Å². The SMILES string of the molecule is CC(C)Oc1cc(OCC2CCCNC2)ccc1[N+](=O)[O-].